The third-order valence-electron chi connectivity index (χ3n) is 2.98. The van der Waals surface area contributed by atoms with Crippen molar-refractivity contribution in [2.45, 2.75) is 32.9 Å². The van der Waals surface area contributed by atoms with Crippen molar-refractivity contribution in [3.05, 3.63) is 54.1 Å². The first kappa shape index (κ1) is 14.3. The molecule has 0 bridgehead atoms. The molecule has 20 heavy (non-hydrogen) atoms. The number of hydrogen-bond acceptors (Lipinski definition) is 3. The van der Waals surface area contributed by atoms with Crippen molar-refractivity contribution in [3.63, 3.8) is 0 Å². The van der Waals surface area contributed by atoms with Crippen LogP contribution in [-0.4, -0.2) is 6.10 Å². The summed E-state index contributed by atoms with van der Waals surface area (Å²) in [5, 5.41) is 3.45. The molecule has 0 fully saturated rings. The summed E-state index contributed by atoms with van der Waals surface area (Å²) in [4.78, 5) is 0. The Morgan fingerprint density at radius 1 is 1.00 bits per heavy atom. The molecule has 0 aromatic heterocycles. The van der Waals surface area contributed by atoms with Gasteiger partial charge in [-0.1, -0.05) is 30.3 Å². The van der Waals surface area contributed by atoms with Crippen LogP contribution in [0.3, 0.4) is 0 Å². The summed E-state index contributed by atoms with van der Waals surface area (Å²) in [5.41, 5.74) is 8.84. The molecule has 2 aromatic carbocycles. The summed E-state index contributed by atoms with van der Waals surface area (Å²) in [7, 11) is 0. The number of hydrogen-bond donors (Lipinski definition) is 2. The first-order chi connectivity index (χ1) is 9.54. The van der Waals surface area contributed by atoms with Crippen molar-refractivity contribution >= 4 is 11.4 Å². The second kappa shape index (κ2) is 6.33. The van der Waals surface area contributed by atoms with E-state index in [-0.39, 0.29) is 12.1 Å². The molecule has 0 heterocycles. The maximum atomic E-state index is 5.93. The zero-order valence-corrected chi connectivity index (χ0v) is 12.3. The van der Waals surface area contributed by atoms with Gasteiger partial charge in [0.05, 0.1) is 6.10 Å². The number of rotatable bonds is 5. The summed E-state index contributed by atoms with van der Waals surface area (Å²) in [6.07, 6.45) is 0.135. The maximum absolute atomic E-state index is 5.93. The fraction of sp³-hybridized carbons (Fsp3) is 0.294. The van der Waals surface area contributed by atoms with E-state index in [1.807, 2.05) is 50.2 Å². The van der Waals surface area contributed by atoms with Gasteiger partial charge in [0.1, 0.15) is 5.75 Å². The molecule has 1 unspecified atom stereocenters. The Hall–Kier alpha value is -2.16. The highest BCUT2D eigenvalue weighted by Crippen LogP contribution is 2.26. The van der Waals surface area contributed by atoms with Gasteiger partial charge in [-0.2, -0.15) is 0 Å². The molecule has 0 saturated heterocycles. The van der Waals surface area contributed by atoms with Gasteiger partial charge in [-0.25, -0.2) is 0 Å². The van der Waals surface area contributed by atoms with E-state index in [9.17, 15) is 0 Å². The minimum absolute atomic E-state index is 0.135. The molecule has 3 nitrogen and oxygen atoms in total. The quantitative estimate of drug-likeness (QED) is 0.799. The van der Waals surface area contributed by atoms with E-state index in [1.54, 1.807) is 0 Å². The van der Waals surface area contributed by atoms with Crippen LogP contribution in [-0.2, 0) is 0 Å². The lowest BCUT2D eigenvalue weighted by Gasteiger charge is -2.18. The average Bonchev–Trinajstić information content (AvgIpc) is 2.38. The molecule has 0 spiro atoms. The highest BCUT2D eigenvalue weighted by atomic mass is 16.5. The third kappa shape index (κ3) is 3.92. The minimum atomic E-state index is 0.135. The number of benzene rings is 2. The Labute approximate surface area is 120 Å². The Morgan fingerprint density at radius 3 is 2.35 bits per heavy atom. The van der Waals surface area contributed by atoms with Gasteiger partial charge in [-0.3, -0.25) is 0 Å². The normalized spacial score (nSPS) is 12.2. The van der Waals surface area contributed by atoms with Crippen LogP contribution in [0.4, 0.5) is 11.4 Å². The van der Waals surface area contributed by atoms with E-state index in [1.165, 1.54) is 5.56 Å². The Morgan fingerprint density at radius 2 is 1.70 bits per heavy atom. The van der Waals surface area contributed by atoms with Crippen LogP contribution < -0.4 is 15.8 Å². The number of anilines is 2. The fourth-order valence-corrected chi connectivity index (χ4v) is 2.12. The predicted octanol–water partition coefficient (Wildman–Crippen LogP) is 4.23. The lowest BCUT2D eigenvalue weighted by Crippen LogP contribution is -2.09. The van der Waals surface area contributed by atoms with E-state index >= 15 is 0 Å². The fourth-order valence-electron chi connectivity index (χ4n) is 2.12. The van der Waals surface area contributed by atoms with Gasteiger partial charge in [-0.05, 0) is 32.4 Å². The first-order valence-corrected chi connectivity index (χ1v) is 6.93. The van der Waals surface area contributed by atoms with Gasteiger partial charge < -0.3 is 15.8 Å². The molecule has 0 aliphatic carbocycles. The molecule has 0 radical (unpaired) electrons. The van der Waals surface area contributed by atoms with Crippen molar-refractivity contribution in [3.8, 4) is 5.75 Å². The van der Waals surface area contributed by atoms with Gasteiger partial charge in [-0.15, -0.1) is 0 Å². The molecule has 1 atom stereocenters. The molecule has 0 aliphatic rings. The van der Waals surface area contributed by atoms with Crippen LogP contribution in [0.1, 0.15) is 32.4 Å². The second-order valence-electron chi connectivity index (χ2n) is 5.23. The van der Waals surface area contributed by atoms with E-state index in [4.69, 9.17) is 10.5 Å². The number of nitrogens with one attached hydrogen (secondary N) is 1. The van der Waals surface area contributed by atoms with Gasteiger partial charge >= 0.3 is 0 Å². The molecule has 2 aromatic rings. The minimum Gasteiger partial charge on any atom is -0.491 e. The molecular weight excluding hydrogens is 248 g/mol. The van der Waals surface area contributed by atoms with Crippen LogP contribution in [0.15, 0.2) is 48.5 Å². The number of nitrogen functional groups attached to an aromatic ring is 1. The van der Waals surface area contributed by atoms with Crippen LogP contribution in [0.2, 0.25) is 0 Å². The largest absolute Gasteiger partial charge is 0.491 e. The summed E-state index contributed by atoms with van der Waals surface area (Å²) >= 11 is 0. The summed E-state index contributed by atoms with van der Waals surface area (Å²) in [5.74, 6) is 0.794. The second-order valence-corrected chi connectivity index (χ2v) is 5.23. The Balaban J connectivity index is 2.14. The van der Waals surface area contributed by atoms with E-state index in [2.05, 4.69) is 24.4 Å². The van der Waals surface area contributed by atoms with Crippen LogP contribution >= 0.6 is 0 Å². The number of nitrogens with two attached hydrogens (primary N) is 1. The van der Waals surface area contributed by atoms with Crippen molar-refractivity contribution in [2.75, 3.05) is 11.1 Å². The molecule has 106 valence electrons. The van der Waals surface area contributed by atoms with E-state index in [0.717, 1.165) is 11.4 Å². The van der Waals surface area contributed by atoms with Crippen molar-refractivity contribution in [2.24, 2.45) is 0 Å². The summed E-state index contributed by atoms with van der Waals surface area (Å²) < 4.78 is 5.70. The van der Waals surface area contributed by atoms with Gasteiger partial charge in [0, 0.05) is 29.5 Å². The molecule has 0 saturated carbocycles. The topological polar surface area (TPSA) is 47.3 Å². The van der Waals surface area contributed by atoms with E-state index in [0.29, 0.717) is 5.69 Å². The monoisotopic (exact) mass is 270 g/mol. The zero-order valence-electron chi connectivity index (χ0n) is 12.3. The molecule has 3 heteroatoms. The Bertz CT molecular complexity index is 552. The van der Waals surface area contributed by atoms with Gasteiger partial charge in [0.25, 0.3) is 0 Å². The maximum Gasteiger partial charge on any atom is 0.123 e. The zero-order chi connectivity index (χ0) is 14.5. The highest BCUT2D eigenvalue weighted by molar-refractivity contribution is 5.59. The molecular formula is C17H22N2O. The Kier molecular flexibility index (Phi) is 4.51. The van der Waals surface area contributed by atoms with Crippen molar-refractivity contribution in [1.82, 2.24) is 0 Å². The average molecular weight is 270 g/mol. The number of ether oxygens (including phenoxy) is 1. The van der Waals surface area contributed by atoms with Crippen molar-refractivity contribution < 1.29 is 4.74 Å². The molecule has 0 amide bonds. The summed E-state index contributed by atoms with van der Waals surface area (Å²) in [6.45, 7) is 6.13. The first-order valence-electron chi connectivity index (χ1n) is 6.93. The third-order valence-corrected chi connectivity index (χ3v) is 2.98. The predicted molar refractivity (Wildman–Crippen MR) is 85.1 cm³/mol. The van der Waals surface area contributed by atoms with Crippen LogP contribution in [0.5, 0.6) is 5.75 Å². The van der Waals surface area contributed by atoms with Crippen LogP contribution in [0, 0.1) is 0 Å². The van der Waals surface area contributed by atoms with Crippen LogP contribution in [0.25, 0.3) is 0 Å². The summed E-state index contributed by atoms with van der Waals surface area (Å²) in [6, 6.07) is 16.3. The van der Waals surface area contributed by atoms with Gasteiger partial charge in [0.15, 0.2) is 0 Å². The standard InChI is InChI=1S/C17H22N2O/c1-12(2)20-17-10-15(18)9-16(11-17)19-13(3)14-7-5-4-6-8-14/h4-13,19H,18H2,1-3H3. The smallest absolute Gasteiger partial charge is 0.123 e. The lowest BCUT2D eigenvalue weighted by molar-refractivity contribution is 0.242. The van der Waals surface area contributed by atoms with Crippen molar-refractivity contribution in [1.29, 1.82) is 0 Å². The molecule has 3 N–H and O–H groups in total. The van der Waals surface area contributed by atoms with E-state index < -0.39 is 0 Å². The molecule has 0 aliphatic heterocycles. The lowest BCUT2D eigenvalue weighted by atomic mass is 10.1. The highest BCUT2D eigenvalue weighted by Gasteiger charge is 2.07. The molecule has 2 rings (SSSR count). The van der Waals surface area contributed by atoms with Gasteiger partial charge in [0.2, 0.25) is 0 Å². The SMILES string of the molecule is CC(C)Oc1cc(N)cc(NC(C)c2ccccc2)c1.